The first-order valence-corrected chi connectivity index (χ1v) is 6.80. The molecule has 0 saturated carbocycles. The first-order valence-electron chi connectivity index (χ1n) is 6.80. The van der Waals surface area contributed by atoms with Gasteiger partial charge in [0.05, 0.1) is 6.04 Å². The van der Waals surface area contributed by atoms with E-state index in [2.05, 4.69) is 27.4 Å². The van der Waals surface area contributed by atoms with Crippen molar-refractivity contribution in [3.63, 3.8) is 0 Å². The molecule has 19 heavy (non-hydrogen) atoms. The Bertz CT molecular complexity index is 468. The van der Waals surface area contributed by atoms with Gasteiger partial charge in [-0.25, -0.2) is 9.97 Å². The van der Waals surface area contributed by atoms with Crippen LogP contribution >= 0.6 is 0 Å². The van der Waals surface area contributed by atoms with Crippen LogP contribution in [0.15, 0.2) is 30.6 Å². The molecule has 1 N–H and O–H groups in total. The van der Waals surface area contributed by atoms with Gasteiger partial charge in [-0.1, -0.05) is 12.2 Å². The lowest BCUT2D eigenvalue weighted by Gasteiger charge is -2.41. The molecular formula is C14H18N4O. The molecule has 1 fully saturated rings. The minimum Gasteiger partial charge on any atom is -0.348 e. The maximum absolute atomic E-state index is 12.2. The maximum atomic E-state index is 12.2. The molecule has 1 aliphatic carbocycles. The molecule has 0 radical (unpaired) electrons. The number of hydrogen-bond acceptors (Lipinski definition) is 4. The Morgan fingerprint density at radius 2 is 2.05 bits per heavy atom. The Labute approximate surface area is 112 Å². The van der Waals surface area contributed by atoms with Crippen molar-refractivity contribution in [2.45, 2.75) is 25.3 Å². The minimum atomic E-state index is 0.193. The standard InChI is InChI=1S/C14H18N4O/c19-13(11-5-2-1-3-6-11)18-9-12(10-18)17-14-15-7-4-8-16-14/h1-2,4,7-8,11-12H,3,5-6,9-10H2,(H,15,16,17). The van der Waals surface area contributed by atoms with Crippen molar-refractivity contribution >= 4 is 11.9 Å². The van der Waals surface area contributed by atoms with E-state index in [0.29, 0.717) is 11.9 Å². The van der Waals surface area contributed by atoms with Crippen LogP contribution in [0.1, 0.15) is 19.3 Å². The molecule has 5 nitrogen and oxygen atoms in total. The molecule has 2 heterocycles. The van der Waals surface area contributed by atoms with E-state index >= 15 is 0 Å². The van der Waals surface area contributed by atoms with Gasteiger partial charge in [-0.2, -0.15) is 0 Å². The maximum Gasteiger partial charge on any atom is 0.226 e. The molecule has 0 aromatic carbocycles. The van der Waals surface area contributed by atoms with Gasteiger partial charge < -0.3 is 10.2 Å². The third-order valence-electron chi connectivity index (χ3n) is 3.71. The number of nitrogens with zero attached hydrogens (tertiary/aromatic N) is 3. The van der Waals surface area contributed by atoms with Crippen molar-refractivity contribution in [1.82, 2.24) is 14.9 Å². The SMILES string of the molecule is O=C(C1CC=CCC1)N1CC(Nc2ncccn2)C1. The van der Waals surface area contributed by atoms with Crippen LogP contribution in [0.25, 0.3) is 0 Å². The highest BCUT2D eigenvalue weighted by Crippen LogP contribution is 2.23. The number of likely N-dealkylation sites (tertiary alicyclic amines) is 1. The molecule has 1 atom stereocenters. The third kappa shape index (κ3) is 2.75. The lowest BCUT2D eigenvalue weighted by molar-refractivity contribution is -0.139. The Balaban J connectivity index is 1.47. The third-order valence-corrected chi connectivity index (χ3v) is 3.71. The van der Waals surface area contributed by atoms with Crippen molar-refractivity contribution in [3.05, 3.63) is 30.6 Å². The lowest BCUT2D eigenvalue weighted by Crippen LogP contribution is -2.58. The van der Waals surface area contributed by atoms with E-state index in [1.807, 2.05) is 4.90 Å². The van der Waals surface area contributed by atoms with Crippen molar-refractivity contribution in [2.24, 2.45) is 5.92 Å². The smallest absolute Gasteiger partial charge is 0.226 e. The van der Waals surface area contributed by atoms with E-state index in [1.165, 1.54) is 0 Å². The second-order valence-electron chi connectivity index (χ2n) is 5.14. The molecule has 0 spiro atoms. The number of hydrogen-bond donors (Lipinski definition) is 1. The predicted molar refractivity (Wildman–Crippen MR) is 72.5 cm³/mol. The summed E-state index contributed by atoms with van der Waals surface area (Å²) in [6.07, 6.45) is 10.6. The average molecular weight is 258 g/mol. The molecule has 100 valence electrons. The zero-order chi connectivity index (χ0) is 13.1. The normalized spacial score (nSPS) is 22.9. The highest BCUT2D eigenvalue weighted by Gasteiger charge is 2.34. The molecule has 3 rings (SSSR count). The van der Waals surface area contributed by atoms with Gasteiger partial charge in [-0.3, -0.25) is 4.79 Å². The van der Waals surface area contributed by atoms with Crippen LogP contribution in [0.3, 0.4) is 0 Å². The van der Waals surface area contributed by atoms with E-state index in [-0.39, 0.29) is 12.0 Å². The Kier molecular flexibility index (Phi) is 3.44. The van der Waals surface area contributed by atoms with Gasteiger partial charge in [0.1, 0.15) is 0 Å². The molecule has 2 aliphatic rings. The monoisotopic (exact) mass is 258 g/mol. The topological polar surface area (TPSA) is 58.1 Å². The highest BCUT2D eigenvalue weighted by molar-refractivity contribution is 5.80. The fraction of sp³-hybridized carbons (Fsp3) is 0.500. The van der Waals surface area contributed by atoms with Gasteiger partial charge in [-0.15, -0.1) is 0 Å². The summed E-state index contributed by atoms with van der Waals surface area (Å²) >= 11 is 0. The van der Waals surface area contributed by atoms with Gasteiger partial charge in [0.25, 0.3) is 0 Å². The van der Waals surface area contributed by atoms with E-state index in [4.69, 9.17) is 0 Å². The Morgan fingerprint density at radius 1 is 1.26 bits per heavy atom. The molecular weight excluding hydrogens is 240 g/mol. The fourth-order valence-corrected chi connectivity index (χ4v) is 2.58. The Morgan fingerprint density at radius 3 is 2.74 bits per heavy atom. The summed E-state index contributed by atoms with van der Waals surface area (Å²) in [5.41, 5.74) is 0. The fourth-order valence-electron chi connectivity index (χ4n) is 2.58. The van der Waals surface area contributed by atoms with Crippen LogP contribution in [0.2, 0.25) is 0 Å². The summed E-state index contributed by atoms with van der Waals surface area (Å²) in [6, 6.07) is 2.07. The number of allylic oxidation sites excluding steroid dienone is 2. The van der Waals surface area contributed by atoms with Crippen LogP contribution in [-0.2, 0) is 4.79 Å². The van der Waals surface area contributed by atoms with Crippen LogP contribution in [0.4, 0.5) is 5.95 Å². The molecule has 1 aromatic heterocycles. The van der Waals surface area contributed by atoms with Gasteiger partial charge in [-0.05, 0) is 25.3 Å². The van der Waals surface area contributed by atoms with Crippen molar-refractivity contribution in [2.75, 3.05) is 18.4 Å². The molecule has 1 saturated heterocycles. The van der Waals surface area contributed by atoms with Gasteiger partial charge >= 0.3 is 0 Å². The zero-order valence-electron chi connectivity index (χ0n) is 10.8. The first kappa shape index (κ1) is 12.1. The molecule has 1 aromatic rings. The number of amides is 1. The molecule has 1 unspecified atom stereocenters. The number of carbonyl (C=O) groups excluding carboxylic acids is 1. The van der Waals surface area contributed by atoms with Crippen LogP contribution in [0.5, 0.6) is 0 Å². The molecule has 0 bridgehead atoms. The van der Waals surface area contributed by atoms with Gasteiger partial charge in [0.2, 0.25) is 11.9 Å². The van der Waals surface area contributed by atoms with E-state index < -0.39 is 0 Å². The van der Waals surface area contributed by atoms with Crippen molar-refractivity contribution < 1.29 is 4.79 Å². The summed E-state index contributed by atoms with van der Waals surface area (Å²) in [5, 5.41) is 3.24. The van der Waals surface area contributed by atoms with Crippen molar-refractivity contribution in [1.29, 1.82) is 0 Å². The highest BCUT2D eigenvalue weighted by atomic mass is 16.2. The van der Waals surface area contributed by atoms with E-state index in [1.54, 1.807) is 18.5 Å². The predicted octanol–water partition coefficient (Wildman–Crippen LogP) is 1.46. The van der Waals surface area contributed by atoms with E-state index in [9.17, 15) is 4.79 Å². The van der Waals surface area contributed by atoms with Gasteiger partial charge in [0.15, 0.2) is 0 Å². The minimum absolute atomic E-state index is 0.193. The quantitative estimate of drug-likeness (QED) is 0.834. The van der Waals surface area contributed by atoms with Crippen molar-refractivity contribution in [3.8, 4) is 0 Å². The average Bonchev–Trinajstić information content (AvgIpc) is 2.44. The number of anilines is 1. The molecule has 1 amide bonds. The Hall–Kier alpha value is -1.91. The van der Waals surface area contributed by atoms with E-state index in [0.717, 1.165) is 32.4 Å². The first-order chi connectivity index (χ1) is 9.33. The molecule has 1 aliphatic heterocycles. The second kappa shape index (κ2) is 5.38. The number of aromatic nitrogens is 2. The van der Waals surface area contributed by atoms with Crippen LogP contribution < -0.4 is 5.32 Å². The summed E-state index contributed by atoms with van der Waals surface area (Å²) in [7, 11) is 0. The largest absolute Gasteiger partial charge is 0.348 e. The summed E-state index contributed by atoms with van der Waals surface area (Å²) < 4.78 is 0. The summed E-state index contributed by atoms with van der Waals surface area (Å²) in [4.78, 5) is 22.4. The second-order valence-corrected chi connectivity index (χ2v) is 5.14. The number of nitrogens with one attached hydrogen (secondary N) is 1. The summed E-state index contributed by atoms with van der Waals surface area (Å²) in [5.74, 6) is 1.13. The van der Waals surface area contributed by atoms with Gasteiger partial charge in [0, 0.05) is 31.4 Å². The summed E-state index contributed by atoms with van der Waals surface area (Å²) in [6.45, 7) is 1.52. The zero-order valence-corrected chi connectivity index (χ0v) is 10.8. The number of carbonyl (C=O) groups is 1. The van der Waals surface area contributed by atoms with Crippen LogP contribution in [-0.4, -0.2) is 39.9 Å². The number of rotatable bonds is 3. The molecule has 5 heteroatoms. The lowest BCUT2D eigenvalue weighted by atomic mass is 9.91. The van der Waals surface area contributed by atoms with Crippen LogP contribution in [0, 0.1) is 5.92 Å².